The molecule has 1 N–H and O–H groups in total. The van der Waals surface area contributed by atoms with Gasteiger partial charge >= 0.3 is 0 Å². The highest BCUT2D eigenvalue weighted by Gasteiger charge is 2.23. The predicted octanol–water partition coefficient (Wildman–Crippen LogP) is 2.58. The van der Waals surface area contributed by atoms with Crippen LogP contribution in [0.25, 0.3) is 0 Å². The number of rotatable bonds is 5. The standard InChI is InChI=1S/C18H19ClN4O5S/c1-29(27,28)22-10-8-21(9-11-22)15-5-3-14(4-6-15)20-18(24)13-2-7-16(19)17(12-13)23(25)26/h2-7,12H,8-11H2,1H3,(H,20,24). The maximum absolute atomic E-state index is 12.4. The number of anilines is 2. The first-order valence-electron chi connectivity index (χ1n) is 8.70. The molecule has 1 heterocycles. The van der Waals surface area contributed by atoms with E-state index in [2.05, 4.69) is 10.2 Å². The Morgan fingerprint density at radius 1 is 1.10 bits per heavy atom. The van der Waals surface area contributed by atoms with Crippen molar-refractivity contribution in [2.45, 2.75) is 0 Å². The van der Waals surface area contributed by atoms with E-state index in [0.717, 1.165) is 11.8 Å². The number of nitrogens with one attached hydrogen (secondary N) is 1. The van der Waals surface area contributed by atoms with Gasteiger partial charge in [0.15, 0.2) is 0 Å². The van der Waals surface area contributed by atoms with Crippen LogP contribution < -0.4 is 10.2 Å². The van der Waals surface area contributed by atoms with Crippen molar-refractivity contribution in [2.75, 3.05) is 42.7 Å². The Morgan fingerprint density at radius 3 is 2.28 bits per heavy atom. The van der Waals surface area contributed by atoms with E-state index in [1.807, 2.05) is 12.1 Å². The van der Waals surface area contributed by atoms with Crippen molar-refractivity contribution in [1.82, 2.24) is 4.31 Å². The smallest absolute Gasteiger partial charge is 0.288 e. The number of carbonyl (C=O) groups excluding carboxylic acids is 1. The lowest BCUT2D eigenvalue weighted by atomic mass is 10.1. The molecule has 1 saturated heterocycles. The zero-order valence-corrected chi connectivity index (χ0v) is 17.1. The Balaban J connectivity index is 1.65. The summed E-state index contributed by atoms with van der Waals surface area (Å²) >= 11 is 5.77. The summed E-state index contributed by atoms with van der Waals surface area (Å²) in [6, 6.07) is 11.0. The molecule has 0 spiro atoms. The van der Waals surface area contributed by atoms with E-state index < -0.39 is 20.9 Å². The van der Waals surface area contributed by atoms with Crippen molar-refractivity contribution < 1.29 is 18.1 Å². The molecule has 0 aliphatic carbocycles. The fourth-order valence-electron chi connectivity index (χ4n) is 3.03. The average molecular weight is 439 g/mol. The van der Waals surface area contributed by atoms with Gasteiger partial charge in [-0.05, 0) is 36.4 Å². The van der Waals surface area contributed by atoms with Gasteiger partial charge in [0.2, 0.25) is 10.0 Å². The van der Waals surface area contributed by atoms with Crippen LogP contribution in [0.4, 0.5) is 17.1 Å². The van der Waals surface area contributed by atoms with Gasteiger partial charge in [-0.15, -0.1) is 0 Å². The van der Waals surface area contributed by atoms with Crippen LogP contribution in [0.2, 0.25) is 5.02 Å². The molecular formula is C18H19ClN4O5S. The molecular weight excluding hydrogens is 420 g/mol. The fraction of sp³-hybridized carbons (Fsp3) is 0.278. The number of hydrogen-bond donors (Lipinski definition) is 1. The number of halogens is 1. The van der Waals surface area contributed by atoms with Crippen LogP contribution in [0.3, 0.4) is 0 Å². The second-order valence-corrected chi connectivity index (χ2v) is 8.96. The first kappa shape index (κ1) is 21.0. The fourth-order valence-corrected chi connectivity index (χ4v) is 4.04. The third kappa shape index (κ3) is 5.03. The van der Waals surface area contributed by atoms with Crippen LogP contribution >= 0.6 is 11.6 Å². The van der Waals surface area contributed by atoms with Crippen LogP contribution in [0.5, 0.6) is 0 Å². The molecule has 2 aromatic carbocycles. The number of nitro groups is 1. The van der Waals surface area contributed by atoms with Crippen molar-refractivity contribution in [1.29, 1.82) is 0 Å². The van der Waals surface area contributed by atoms with Gasteiger partial charge in [0, 0.05) is 49.2 Å². The van der Waals surface area contributed by atoms with Gasteiger partial charge in [-0.3, -0.25) is 14.9 Å². The summed E-state index contributed by atoms with van der Waals surface area (Å²) in [7, 11) is -3.18. The monoisotopic (exact) mass is 438 g/mol. The summed E-state index contributed by atoms with van der Waals surface area (Å²) in [5, 5.41) is 13.6. The van der Waals surface area contributed by atoms with Gasteiger partial charge < -0.3 is 10.2 Å². The number of benzene rings is 2. The summed E-state index contributed by atoms with van der Waals surface area (Å²) in [4.78, 5) is 24.8. The third-order valence-electron chi connectivity index (χ3n) is 4.60. The molecule has 154 valence electrons. The SMILES string of the molecule is CS(=O)(=O)N1CCN(c2ccc(NC(=O)c3ccc(Cl)c([N+](=O)[O-])c3)cc2)CC1. The molecule has 1 aliphatic rings. The van der Waals surface area contributed by atoms with Crippen LogP contribution in [-0.4, -0.2) is 56.0 Å². The molecule has 1 amide bonds. The van der Waals surface area contributed by atoms with Crippen molar-refractivity contribution in [2.24, 2.45) is 0 Å². The highest BCUT2D eigenvalue weighted by molar-refractivity contribution is 7.88. The highest BCUT2D eigenvalue weighted by atomic mass is 35.5. The molecule has 3 rings (SSSR count). The van der Waals surface area contributed by atoms with Gasteiger partial charge in [0.05, 0.1) is 11.2 Å². The molecule has 1 fully saturated rings. The van der Waals surface area contributed by atoms with Crippen molar-refractivity contribution in [3.8, 4) is 0 Å². The summed E-state index contributed by atoms with van der Waals surface area (Å²) in [5.41, 5.74) is 1.24. The minimum atomic E-state index is -3.18. The number of amides is 1. The number of carbonyl (C=O) groups is 1. The van der Waals surface area contributed by atoms with Gasteiger partial charge in [-0.25, -0.2) is 8.42 Å². The van der Waals surface area contributed by atoms with E-state index in [1.54, 1.807) is 12.1 Å². The normalized spacial score (nSPS) is 15.2. The van der Waals surface area contributed by atoms with E-state index >= 15 is 0 Å². The molecule has 0 aromatic heterocycles. The largest absolute Gasteiger partial charge is 0.369 e. The Labute approximate surface area is 173 Å². The second-order valence-electron chi connectivity index (χ2n) is 6.57. The van der Waals surface area contributed by atoms with E-state index in [1.165, 1.54) is 22.7 Å². The summed E-state index contributed by atoms with van der Waals surface area (Å²) in [5.74, 6) is -0.487. The number of nitro benzene ring substituents is 1. The number of hydrogen-bond acceptors (Lipinski definition) is 6. The van der Waals surface area contributed by atoms with Gasteiger partial charge in [-0.2, -0.15) is 4.31 Å². The molecule has 1 aliphatic heterocycles. The zero-order chi connectivity index (χ0) is 21.2. The Morgan fingerprint density at radius 2 is 1.72 bits per heavy atom. The molecule has 2 aromatic rings. The minimum absolute atomic E-state index is 0.0353. The summed E-state index contributed by atoms with van der Waals surface area (Å²) < 4.78 is 24.6. The first-order valence-corrected chi connectivity index (χ1v) is 10.9. The van der Waals surface area contributed by atoms with Crippen LogP contribution in [0.1, 0.15) is 10.4 Å². The first-order chi connectivity index (χ1) is 13.6. The lowest BCUT2D eigenvalue weighted by Crippen LogP contribution is -2.48. The number of sulfonamides is 1. The zero-order valence-electron chi connectivity index (χ0n) is 15.5. The van der Waals surface area contributed by atoms with Crippen LogP contribution in [0.15, 0.2) is 42.5 Å². The van der Waals surface area contributed by atoms with Gasteiger partial charge in [0.1, 0.15) is 5.02 Å². The van der Waals surface area contributed by atoms with E-state index in [0.29, 0.717) is 31.9 Å². The number of nitrogens with zero attached hydrogens (tertiary/aromatic N) is 3. The minimum Gasteiger partial charge on any atom is -0.369 e. The Kier molecular flexibility index (Phi) is 6.06. The molecule has 29 heavy (non-hydrogen) atoms. The Hall–Kier alpha value is -2.69. The second kappa shape index (κ2) is 8.36. The molecule has 11 heteroatoms. The van der Waals surface area contributed by atoms with E-state index in [9.17, 15) is 23.3 Å². The molecule has 0 saturated carbocycles. The van der Waals surface area contributed by atoms with Crippen molar-refractivity contribution in [3.63, 3.8) is 0 Å². The maximum atomic E-state index is 12.4. The summed E-state index contributed by atoms with van der Waals surface area (Å²) in [6.07, 6.45) is 1.20. The van der Waals surface area contributed by atoms with Crippen molar-refractivity contribution >= 4 is 44.6 Å². The molecule has 0 unspecified atom stereocenters. The molecule has 0 atom stereocenters. The van der Waals surface area contributed by atoms with Crippen LogP contribution in [0, 0.1) is 10.1 Å². The van der Waals surface area contributed by atoms with Crippen molar-refractivity contribution in [3.05, 3.63) is 63.2 Å². The predicted molar refractivity (Wildman–Crippen MR) is 111 cm³/mol. The molecule has 0 bridgehead atoms. The average Bonchev–Trinajstić information content (AvgIpc) is 2.68. The summed E-state index contributed by atoms with van der Waals surface area (Å²) in [6.45, 7) is 2.00. The maximum Gasteiger partial charge on any atom is 0.288 e. The lowest BCUT2D eigenvalue weighted by molar-refractivity contribution is -0.384. The molecule has 0 radical (unpaired) electrons. The highest BCUT2D eigenvalue weighted by Crippen LogP contribution is 2.26. The van der Waals surface area contributed by atoms with Crippen LogP contribution in [-0.2, 0) is 10.0 Å². The van der Waals surface area contributed by atoms with E-state index in [-0.39, 0.29) is 16.3 Å². The number of piperazine rings is 1. The molecule has 9 nitrogen and oxygen atoms in total. The quantitative estimate of drug-likeness (QED) is 0.567. The lowest BCUT2D eigenvalue weighted by Gasteiger charge is -2.34. The topological polar surface area (TPSA) is 113 Å². The van der Waals surface area contributed by atoms with Gasteiger partial charge in [-0.1, -0.05) is 11.6 Å². The van der Waals surface area contributed by atoms with Gasteiger partial charge in [0.25, 0.3) is 11.6 Å². The Bertz CT molecular complexity index is 1030. The third-order valence-corrected chi connectivity index (χ3v) is 6.23. The van der Waals surface area contributed by atoms with E-state index in [4.69, 9.17) is 11.6 Å².